The molecule has 0 bridgehead atoms. The minimum atomic E-state index is -1.38. The Morgan fingerprint density at radius 2 is 1.07 bits per heavy atom. The van der Waals surface area contributed by atoms with E-state index in [1.807, 2.05) is 0 Å². The number of hydrogen-bond donors (Lipinski definition) is 6. The van der Waals surface area contributed by atoms with Gasteiger partial charge in [-0.05, 0) is 0 Å². The molecular formula is C9H16O6. The number of fused-ring (bicyclic) bond motifs is 1. The molecule has 0 unspecified atom stereocenters. The van der Waals surface area contributed by atoms with Crippen LogP contribution < -0.4 is 0 Å². The van der Waals surface area contributed by atoms with E-state index < -0.39 is 48.5 Å². The van der Waals surface area contributed by atoms with Crippen LogP contribution in [0.3, 0.4) is 0 Å². The van der Waals surface area contributed by atoms with Crippen LogP contribution in [0.25, 0.3) is 0 Å². The predicted molar refractivity (Wildman–Crippen MR) is 47.6 cm³/mol. The zero-order chi connectivity index (χ0) is 11.3. The molecule has 88 valence electrons. The number of rotatable bonds is 0. The molecular weight excluding hydrogens is 204 g/mol. The lowest BCUT2D eigenvalue weighted by Crippen LogP contribution is -2.51. The standard InChI is InChI=1S/C9H16O6/c10-2-1-3(11)6(12)5-4(2)7(13)9(15)8(5)14/h2-15H,1H2/t2-,3+,4+,5-,6+,7+,8-,9-/m1/s1. The van der Waals surface area contributed by atoms with Crippen LogP contribution in [0.1, 0.15) is 6.42 Å². The summed E-state index contributed by atoms with van der Waals surface area (Å²) in [4.78, 5) is 0. The van der Waals surface area contributed by atoms with Gasteiger partial charge in [0.15, 0.2) is 0 Å². The average molecular weight is 220 g/mol. The van der Waals surface area contributed by atoms with Gasteiger partial charge in [0.25, 0.3) is 0 Å². The average Bonchev–Trinajstić information content (AvgIpc) is 2.40. The SMILES string of the molecule is O[C@@H]1[C@@H](O)[C@@H]2[C@H]([C@@H](O)[C@@H](O)C[C@H]2O)[C@H]1O. The fourth-order valence-corrected chi connectivity index (χ4v) is 2.83. The Morgan fingerprint density at radius 1 is 0.533 bits per heavy atom. The fourth-order valence-electron chi connectivity index (χ4n) is 2.83. The van der Waals surface area contributed by atoms with E-state index in [0.717, 1.165) is 0 Å². The fraction of sp³-hybridized carbons (Fsp3) is 1.00. The monoisotopic (exact) mass is 220 g/mol. The van der Waals surface area contributed by atoms with Gasteiger partial charge in [0.1, 0.15) is 6.10 Å². The summed E-state index contributed by atoms with van der Waals surface area (Å²) in [5, 5.41) is 57.2. The molecule has 0 radical (unpaired) electrons. The lowest BCUT2D eigenvalue weighted by molar-refractivity contribution is -0.137. The van der Waals surface area contributed by atoms with Gasteiger partial charge >= 0.3 is 0 Å². The Bertz CT molecular complexity index is 243. The van der Waals surface area contributed by atoms with Gasteiger partial charge in [-0.1, -0.05) is 0 Å². The summed E-state index contributed by atoms with van der Waals surface area (Å²) in [6.45, 7) is 0. The molecule has 0 aromatic heterocycles. The van der Waals surface area contributed by atoms with Crippen molar-refractivity contribution in [2.24, 2.45) is 11.8 Å². The second-order valence-corrected chi connectivity index (χ2v) is 4.49. The van der Waals surface area contributed by atoms with Crippen molar-refractivity contribution in [3.63, 3.8) is 0 Å². The second kappa shape index (κ2) is 3.65. The lowest BCUT2D eigenvalue weighted by atomic mass is 9.75. The van der Waals surface area contributed by atoms with Crippen LogP contribution in [0.4, 0.5) is 0 Å². The Kier molecular flexibility index (Phi) is 2.74. The highest BCUT2D eigenvalue weighted by Crippen LogP contribution is 2.43. The first-order valence-corrected chi connectivity index (χ1v) is 5.03. The molecule has 6 heteroatoms. The molecule has 0 heterocycles. The van der Waals surface area contributed by atoms with Crippen molar-refractivity contribution < 1.29 is 30.6 Å². The topological polar surface area (TPSA) is 121 Å². The van der Waals surface area contributed by atoms with E-state index in [-0.39, 0.29) is 6.42 Å². The van der Waals surface area contributed by atoms with E-state index in [0.29, 0.717) is 0 Å². The molecule has 15 heavy (non-hydrogen) atoms. The van der Waals surface area contributed by atoms with Crippen molar-refractivity contribution in [3.05, 3.63) is 0 Å². The first-order valence-electron chi connectivity index (χ1n) is 5.03. The van der Waals surface area contributed by atoms with E-state index >= 15 is 0 Å². The summed E-state index contributed by atoms with van der Waals surface area (Å²) in [5.74, 6) is -1.66. The van der Waals surface area contributed by atoms with Gasteiger partial charge in [-0.3, -0.25) is 0 Å². The lowest BCUT2D eigenvalue weighted by Gasteiger charge is -2.39. The van der Waals surface area contributed by atoms with E-state index in [1.165, 1.54) is 0 Å². The van der Waals surface area contributed by atoms with Crippen molar-refractivity contribution in [3.8, 4) is 0 Å². The van der Waals surface area contributed by atoms with Crippen molar-refractivity contribution in [1.82, 2.24) is 0 Å². The minimum Gasteiger partial charge on any atom is -0.393 e. The van der Waals surface area contributed by atoms with Gasteiger partial charge in [0.05, 0.1) is 30.5 Å². The molecule has 2 aliphatic carbocycles. The van der Waals surface area contributed by atoms with Crippen LogP contribution in [0, 0.1) is 11.8 Å². The first-order chi connectivity index (χ1) is 6.95. The summed E-state index contributed by atoms with van der Waals surface area (Å²) in [7, 11) is 0. The summed E-state index contributed by atoms with van der Waals surface area (Å²) in [5.41, 5.74) is 0. The molecule has 8 atom stereocenters. The summed E-state index contributed by atoms with van der Waals surface area (Å²) in [6, 6.07) is 0. The maximum Gasteiger partial charge on any atom is 0.106 e. The predicted octanol–water partition coefficient (Wildman–Crippen LogP) is -3.20. The molecule has 6 nitrogen and oxygen atoms in total. The van der Waals surface area contributed by atoms with Gasteiger partial charge in [-0.2, -0.15) is 0 Å². The maximum absolute atomic E-state index is 9.63. The second-order valence-electron chi connectivity index (χ2n) is 4.49. The summed E-state index contributed by atoms with van der Waals surface area (Å²) < 4.78 is 0. The molecule has 0 saturated heterocycles. The van der Waals surface area contributed by atoms with E-state index in [9.17, 15) is 30.6 Å². The number of aliphatic hydroxyl groups excluding tert-OH is 6. The van der Waals surface area contributed by atoms with E-state index in [1.54, 1.807) is 0 Å². The van der Waals surface area contributed by atoms with Gasteiger partial charge in [0.2, 0.25) is 0 Å². The molecule has 0 aliphatic heterocycles. The van der Waals surface area contributed by atoms with Crippen molar-refractivity contribution in [2.45, 2.75) is 43.0 Å². The smallest absolute Gasteiger partial charge is 0.106 e. The van der Waals surface area contributed by atoms with Crippen LogP contribution in [0.5, 0.6) is 0 Å². The summed E-state index contributed by atoms with van der Waals surface area (Å²) in [6.07, 6.45) is -7.39. The zero-order valence-corrected chi connectivity index (χ0v) is 8.01. The zero-order valence-electron chi connectivity index (χ0n) is 8.01. The molecule has 0 aromatic carbocycles. The van der Waals surface area contributed by atoms with Crippen LogP contribution in [0.2, 0.25) is 0 Å². The van der Waals surface area contributed by atoms with E-state index in [4.69, 9.17) is 0 Å². The molecule has 2 fully saturated rings. The molecule has 2 saturated carbocycles. The molecule has 2 rings (SSSR count). The Hall–Kier alpha value is -0.240. The highest BCUT2D eigenvalue weighted by Gasteiger charge is 2.58. The number of hydrogen-bond acceptors (Lipinski definition) is 6. The third kappa shape index (κ3) is 1.49. The van der Waals surface area contributed by atoms with E-state index in [2.05, 4.69) is 0 Å². The van der Waals surface area contributed by atoms with Crippen molar-refractivity contribution in [1.29, 1.82) is 0 Å². The third-order valence-corrected chi connectivity index (χ3v) is 3.65. The van der Waals surface area contributed by atoms with Gasteiger partial charge in [-0.15, -0.1) is 0 Å². The third-order valence-electron chi connectivity index (χ3n) is 3.65. The quantitative estimate of drug-likeness (QED) is 0.256. The Morgan fingerprint density at radius 3 is 1.67 bits per heavy atom. The number of aliphatic hydroxyl groups is 6. The largest absolute Gasteiger partial charge is 0.393 e. The normalized spacial score (nSPS) is 60.4. The highest BCUT2D eigenvalue weighted by molar-refractivity contribution is 5.07. The molecule has 6 N–H and O–H groups in total. The van der Waals surface area contributed by atoms with Crippen LogP contribution in [0.15, 0.2) is 0 Å². The van der Waals surface area contributed by atoms with Gasteiger partial charge in [0, 0.05) is 18.3 Å². The van der Waals surface area contributed by atoms with Crippen LogP contribution in [-0.4, -0.2) is 67.3 Å². The van der Waals surface area contributed by atoms with Crippen LogP contribution in [-0.2, 0) is 0 Å². The van der Waals surface area contributed by atoms with Crippen molar-refractivity contribution >= 4 is 0 Å². The highest BCUT2D eigenvalue weighted by atomic mass is 16.4. The Balaban J connectivity index is 2.28. The molecule has 0 spiro atoms. The minimum absolute atomic E-state index is 0.0567. The van der Waals surface area contributed by atoms with Gasteiger partial charge < -0.3 is 30.6 Å². The molecule has 2 aliphatic rings. The Labute approximate surface area is 86.4 Å². The molecule has 0 aromatic rings. The summed E-state index contributed by atoms with van der Waals surface area (Å²) >= 11 is 0. The van der Waals surface area contributed by atoms with Crippen LogP contribution >= 0.6 is 0 Å². The van der Waals surface area contributed by atoms with Crippen molar-refractivity contribution in [2.75, 3.05) is 0 Å². The van der Waals surface area contributed by atoms with Gasteiger partial charge in [-0.25, -0.2) is 0 Å². The first kappa shape index (κ1) is 11.3. The molecule has 0 amide bonds. The maximum atomic E-state index is 9.63.